The van der Waals surface area contributed by atoms with Crippen molar-refractivity contribution in [1.82, 2.24) is 9.97 Å². The summed E-state index contributed by atoms with van der Waals surface area (Å²) >= 11 is 0. The van der Waals surface area contributed by atoms with E-state index in [1.807, 2.05) is 0 Å². The molecule has 0 aliphatic carbocycles. The lowest BCUT2D eigenvalue weighted by Gasteiger charge is -2.13. The van der Waals surface area contributed by atoms with E-state index in [-0.39, 0.29) is 23.7 Å². The van der Waals surface area contributed by atoms with Crippen molar-refractivity contribution in [2.45, 2.75) is 13.5 Å². The third-order valence-electron chi connectivity index (χ3n) is 2.80. The Morgan fingerprint density at radius 3 is 2.00 bits per heavy atom. The highest BCUT2D eigenvalue weighted by Gasteiger charge is 2.20. The van der Waals surface area contributed by atoms with Gasteiger partial charge in [0, 0.05) is 6.07 Å². The molecule has 0 saturated heterocycles. The van der Waals surface area contributed by atoms with E-state index in [1.54, 1.807) is 6.92 Å². The van der Waals surface area contributed by atoms with Crippen molar-refractivity contribution >= 4 is 0 Å². The van der Waals surface area contributed by atoms with Crippen molar-refractivity contribution in [2.75, 3.05) is 14.2 Å². The zero-order valence-corrected chi connectivity index (χ0v) is 11.8. The van der Waals surface area contributed by atoms with Crippen LogP contribution in [0.1, 0.15) is 11.4 Å². The number of benzene rings is 1. The molecule has 0 bridgehead atoms. The van der Waals surface area contributed by atoms with Crippen LogP contribution in [0.3, 0.4) is 0 Å². The molecule has 5 nitrogen and oxygen atoms in total. The van der Waals surface area contributed by atoms with Crippen molar-refractivity contribution in [2.24, 2.45) is 0 Å². The highest BCUT2D eigenvalue weighted by Crippen LogP contribution is 2.31. The van der Waals surface area contributed by atoms with Gasteiger partial charge in [-0.2, -0.15) is 0 Å². The van der Waals surface area contributed by atoms with Gasteiger partial charge in [-0.1, -0.05) is 0 Å². The summed E-state index contributed by atoms with van der Waals surface area (Å²) < 4.78 is 43.2. The minimum atomic E-state index is -0.830. The summed E-state index contributed by atoms with van der Waals surface area (Å²) in [4.78, 5) is 7.86. The van der Waals surface area contributed by atoms with Crippen molar-refractivity contribution < 1.29 is 23.0 Å². The Bertz CT molecular complexity index is 605. The number of rotatable bonds is 5. The van der Waals surface area contributed by atoms with E-state index in [0.717, 1.165) is 6.07 Å². The molecule has 1 aromatic heterocycles. The second-order valence-electron chi connectivity index (χ2n) is 4.14. The third-order valence-corrected chi connectivity index (χ3v) is 2.80. The number of halogens is 2. The normalized spacial score (nSPS) is 10.3. The molecule has 2 aromatic rings. The van der Waals surface area contributed by atoms with E-state index < -0.39 is 11.6 Å². The van der Waals surface area contributed by atoms with Gasteiger partial charge in [0.05, 0.1) is 32.2 Å². The van der Waals surface area contributed by atoms with Gasteiger partial charge in [-0.25, -0.2) is 18.7 Å². The Labute approximate surface area is 120 Å². The smallest absolute Gasteiger partial charge is 0.174 e. The Kier molecular flexibility index (Phi) is 4.52. The second kappa shape index (κ2) is 6.34. The van der Waals surface area contributed by atoms with E-state index in [1.165, 1.54) is 26.6 Å². The number of hydrogen-bond acceptors (Lipinski definition) is 5. The van der Waals surface area contributed by atoms with Gasteiger partial charge in [0.1, 0.15) is 12.4 Å². The fraction of sp³-hybridized carbons (Fsp3) is 0.286. The summed E-state index contributed by atoms with van der Waals surface area (Å²) in [5, 5.41) is 0. The fourth-order valence-electron chi connectivity index (χ4n) is 1.67. The maximum absolute atomic E-state index is 14.1. The maximum Gasteiger partial charge on any atom is 0.174 e. The molecule has 7 heteroatoms. The summed E-state index contributed by atoms with van der Waals surface area (Å²) in [6.07, 6.45) is 2.85. The number of ether oxygens (including phenoxy) is 3. The van der Waals surface area contributed by atoms with Crippen molar-refractivity contribution in [3.8, 4) is 17.2 Å². The predicted octanol–water partition coefficient (Wildman–Crippen LogP) is 2.66. The van der Waals surface area contributed by atoms with Gasteiger partial charge in [-0.15, -0.1) is 0 Å². The van der Waals surface area contributed by atoms with Crippen LogP contribution in [0.5, 0.6) is 17.2 Å². The van der Waals surface area contributed by atoms with Crippen LogP contribution >= 0.6 is 0 Å². The molecule has 0 radical (unpaired) electrons. The van der Waals surface area contributed by atoms with Gasteiger partial charge in [0.25, 0.3) is 0 Å². The van der Waals surface area contributed by atoms with Gasteiger partial charge < -0.3 is 14.2 Å². The van der Waals surface area contributed by atoms with Crippen molar-refractivity contribution in [1.29, 1.82) is 0 Å². The van der Waals surface area contributed by atoms with Gasteiger partial charge in [0.15, 0.2) is 28.9 Å². The average Bonchev–Trinajstić information content (AvgIpc) is 2.49. The van der Waals surface area contributed by atoms with Crippen LogP contribution in [0.4, 0.5) is 8.78 Å². The fourth-order valence-corrected chi connectivity index (χ4v) is 1.67. The van der Waals surface area contributed by atoms with Gasteiger partial charge >= 0.3 is 0 Å². The molecule has 0 aliphatic rings. The molecule has 0 fully saturated rings. The molecule has 0 atom stereocenters. The molecule has 0 saturated carbocycles. The molecule has 1 heterocycles. The third kappa shape index (κ3) is 3.18. The van der Waals surface area contributed by atoms with Crippen molar-refractivity contribution in [3.63, 3.8) is 0 Å². The molecule has 1 aromatic carbocycles. The lowest BCUT2D eigenvalue weighted by molar-refractivity contribution is 0.280. The van der Waals surface area contributed by atoms with E-state index in [4.69, 9.17) is 14.2 Å². The summed E-state index contributed by atoms with van der Waals surface area (Å²) in [5.74, 6) is -1.02. The molecule has 0 unspecified atom stereocenters. The largest absolute Gasteiger partial charge is 0.494 e. The first kappa shape index (κ1) is 15.0. The molecule has 21 heavy (non-hydrogen) atoms. The molecule has 0 aliphatic heterocycles. The first-order valence-corrected chi connectivity index (χ1v) is 6.07. The number of aromatic nitrogens is 2. The average molecular weight is 296 g/mol. The standard InChI is InChI=1S/C14H14F2N2O3/c1-8-17-5-9(6-18-8)21-7-10-13(15)11(19-2)4-12(20-3)14(10)16/h4-6H,7H2,1-3H3. The van der Waals surface area contributed by atoms with Crippen LogP contribution < -0.4 is 14.2 Å². The van der Waals surface area contributed by atoms with Crippen LogP contribution in [0.15, 0.2) is 18.5 Å². The number of hydrogen-bond donors (Lipinski definition) is 0. The summed E-state index contributed by atoms with van der Waals surface area (Å²) in [5.41, 5.74) is -0.285. The molecule has 0 N–H and O–H groups in total. The van der Waals surface area contributed by atoms with E-state index >= 15 is 0 Å². The Hall–Kier alpha value is -2.44. The minimum Gasteiger partial charge on any atom is -0.494 e. The van der Waals surface area contributed by atoms with Crippen LogP contribution in [0.2, 0.25) is 0 Å². The highest BCUT2D eigenvalue weighted by molar-refractivity contribution is 5.41. The van der Waals surface area contributed by atoms with Crippen LogP contribution in [-0.4, -0.2) is 24.2 Å². The van der Waals surface area contributed by atoms with Gasteiger partial charge in [0.2, 0.25) is 0 Å². The maximum atomic E-state index is 14.1. The first-order valence-electron chi connectivity index (χ1n) is 6.07. The zero-order chi connectivity index (χ0) is 15.4. The number of nitrogens with zero attached hydrogens (tertiary/aromatic N) is 2. The molecule has 112 valence electrons. The Morgan fingerprint density at radius 2 is 1.52 bits per heavy atom. The SMILES string of the molecule is COc1cc(OC)c(F)c(COc2cnc(C)nc2)c1F. The summed E-state index contributed by atoms with van der Waals surface area (Å²) in [6.45, 7) is 1.38. The van der Waals surface area contributed by atoms with Crippen LogP contribution in [0.25, 0.3) is 0 Å². The summed E-state index contributed by atoms with van der Waals surface area (Å²) in [6, 6.07) is 1.14. The molecule has 2 rings (SSSR count). The van der Waals surface area contributed by atoms with Gasteiger partial charge in [-0.3, -0.25) is 0 Å². The zero-order valence-electron chi connectivity index (χ0n) is 11.8. The minimum absolute atomic E-state index is 0.119. The second-order valence-corrected chi connectivity index (χ2v) is 4.14. The lowest BCUT2D eigenvalue weighted by atomic mass is 10.1. The van der Waals surface area contributed by atoms with E-state index in [9.17, 15) is 8.78 Å². The predicted molar refractivity (Wildman–Crippen MR) is 70.6 cm³/mol. The molecular weight excluding hydrogens is 282 g/mol. The molecule has 0 spiro atoms. The summed E-state index contributed by atoms with van der Waals surface area (Å²) in [7, 11) is 2.57. The molecule has 0 amide bonds. The topological polar surface area (TPSA) is 53.5 Å². The van der Waals surface area contributed by atoms with Gasteiger partial charge in [-0.05, 0) is 6.92 Å². The lowest BCUT2D eigenvalue weighted by Crippen LogP contribution is -2.06. The Balaban J connectivity index is 2.28. The highest BCUT2D eigenvalue weighted by atomic mass is 19.1. The number of aryl methyl sites for hydroxylation is 1. The van der Waals surface area contributed by atoms with E-state index in [2.05, 4.69) is 9.97 Å². The molecular formula is C14H14F2N2O3. The Morgan fingerprint density at radius 1 is 1.00 bits per heavy atom. The quantitative estimate of drug-likeness (QED) is 0.849. The van der Waals surface area contributed by atoms with Crippen LogP contribution in [-0.2, 0) is 6.61 Å². The number of methoxy groups -OCH3 is 2. The van der Waals surface area contributed by atoms with Crippen molar-refractivity contribution in [3.05, 3.63) is 41.5 Å². The van der Waals surface area contributed by atoms with Crippen LogP contribution in [0, 0.1) is 18.6 Å². The monoisotopic (exact) mass is 296 g/mol. The first-order chi connectivity index (χ1) is 10.1. The van der Waals surface area contributed by atoms with E-state index in [0.29, 0.717) is 11.6 Å².